The molecule has 0 rings (SSSR count). The summed E-state index contributed by atoms with van der Waals surface area (Å²) >= 11 is 0. The molecule has 0 spiro atoms. The molecule has 0 bridgehead atoms. The molecular formula is C9H19NO. The molecule has 0 aromatic rings. The molecule has 2 nitrogen and oxygen atoms in total. The molecule has 0 aliphatic rings. The van der Waals surface area contributed by atoms with Crippen LogP contribution in [0, 0.1) is 0 Å². The molecule has 66 valence electrons. The average molecular weight is 157 g/mol. The van der Waals surface area contributed by atoms with Gasteiger partial charge in [0.2, 0.25) is 0 Å². The average Bonchev–Trinajstić information content (AvgIpc) is 2.03. The maximum Gasteiger partial charge on any atom is 0.133 e. The van der Waals surface area contributed by atoms with Crippen molar-refractivity contribution in [2.75, 3.05) is 13.1 Å². The Morgan fingerprint density at radius 3 is 2.55 bits per heavy atom. The molecule has 0 fully saturated rings. The van der Waals surface area contributed by atoms with Gasteiger partial charge in [-0.05, 0) is 13.0 Å². The van der Waals surface area contributed by atoms with Gasteiger partial charge in [0.05, 0.1) is 6.54 Å². The molecule has 0 amide bonds. The first-order valence-electron chi connectivity index (χ1n) is 4.56. The summed E-state index contributed by atoms with van der Waals surface area (Å²) in [6.45, 7) is 3.71. The summed E-state index contributed by atoms with van der Waals surface area (Å²) in [5.41, 5.74) is 0. The van der Waals surface area contributed by atoms with Gasteiger partial charge in [-0.25, -0.2) is 0 Å². The van der Waals surface area contributed by atoms with Crippen molar-refractivity contribution >= 4 is 6.29 Å². The van der Waals surface area contributed by atoms with Crippen LogP contribution in [-0.4, -0.2) is 19.4 Å². The van der Waals surface area contributed by atoms with Crippen molar-refractivity contribution in [3.63, 3.8) is 0 Å². The summed E-state index contributed by atoms with van der Waals surface area (Å²) < 4.78 is 0. The highest BCUT2D eigenvalue weighted by Gasteiger charge is 1.87. The fourth-order valence-corrected chi connectivity index (χ4v) is 1.01. The van der Waals surface area contributed by atoms with Crippen LogP contribution in [0.15, 0.2) is 0 Å². The zero-order valence-corrected chi connectivity index (χ0v) is 7.44. The Hall–Kier alpha value is -0.370. The van der Waals surface area contributed by atoms with E-state index in [9.17, 15) is 4.79 Å². The zero-order chi connectivity index (χ0) is 8.36. The van der Waals surface area contributed by atoms with Crippen molar-refractivity contribution in [3.05, 3.63) is 0 Å². The Balaban J connectivity index is 2.74. The summed E-state index contributed by atoms with van der Waals surface area (Å²) in [6.07, 6.45) is 7.37. The Morgan fingerprint density at radius 2 is 1.91 bits per heavy atom. The minimum atomic E-state index is 0.508. The van der Waals surface area contributed by atoms with Crippen molar-refractivity contribution in [2.24, 2.45) is 0 Å². The lowest BCUT2D eigenvalue weighted by Gasteiger charge is -1.99. The predicted octanol–water partition coefficient (Wildman–Crippen LogP) is 1.75. The Labute approximate surface area is 69.4 Å². The van der Waals surface area contributed by atoms with Gasteiger partial charge in [-0.3, -0.25) is 0 Å². The molecule has 0 aliphatic carbocycles. The van der Waals surface area contributed by atoms with Gasteiger partial charge in [-0.1, -0.05) is 32.6 Å². The Bertz CT molecular complexity index is 83.6. The SMILES string of the molecule is CCCCCCCNCC=O. The third-order valence-electron chi connectivity index (χ3n) is 1.68. The van der Waals surface area contributed by atoms with Crippen LogP contribution in [0.1, 0.15) is 39.0 Å². The van der Waals surface area contributed by atoms with Crippen LogP contribution in [0.3, 0.4) is 0 Å². The molecule has 0 radical (unpaired) electrons. The van der Waals surface area contributed by atoms with Gasteiger partial charge in [0.1, 0.15) is 6.29 Å². The molecule has 11 heavy (non-hydrogen) atoms. The molecule has 0 heterocycles. The smallest absolute Gasteiger partial charge is 0.133 e. The number of hydrogen-bond acceptors (Lipinski definition) is 2. The van der Waals surface area contributed by atoms with Crippen LogP contribution in [-0.2, 0) is 4.79 Å². The fourth-order valence-electron chi connectivity index (χ4n) is 1.01. The van der Waals surface area contributed by atoms with Crippen LogP contribution < -0.4 is 5.32 Å². The van der Waals surface area contributed by atoms with Crippen LogP contribution in [0.25, 0.3) is 0 Å². The maximum atomic E-state index is 9.88. The van der Waals surface area contributed by atoms with Crippen molar-refractivity contribution in [2.45, 2.75) is 39.0 Å². The first-order valence-corrected chi connectivity index (χ1v) is 4.56. The standard InChI is InChI=1S/C9H19NO/c1-2-3-4-5-6-7-10-8-9-11/h9-10H,2-8H2,1H3. The van der Waals surface area contributed by atoms with E-state index in [1.807, 2.05) is 0 Å². The van der Waals surface area contributed by atoms with E-state index >= 15 is 0 Å². The van der Waals surface area contributed by atoms with E-state index < -0.39 is 0 Å². The molecule has 0 aliphatic heterocycles. The van der Waals surface area contributed by atoms with Gasteiger partial charge in [0.15, 0.2) is 0 Å². The summed E-state index contributed by atoms with van der Waals surface area (Å²) in [6, 6.07) is 0. The third-order valence-corrected chi connectivity index (χ3v) is 1.68. The van der Waals surface area contributed by atoms with Crippen LogP contribution >= 0.6 is 0 Å². The quantitative estimate of drug-likeness (QED) is 0.429. The number of unbranched alkanes of at least 4 members (excludes halogenated alkanes) is 4. The van der Waals surface area contributed by atoms with Crippen LogP contribution in [0.2, 0.25) is 0 Å². The lowest BCUT2D eigenvalue weighted by atomic mass is 10.1. The van der Waals surface area contributed by atoms with Crippen LogP contribution in [0.5, 0.6) is 0 Å². The van der Waals surface area contributed by atoms with Crippen LogP contribution in [0.4, 0.5) is 0 Å². The molecule has 0 saturated carbocycles. The number of nitrogens with one attached hydrogen (secondary N) is 1. The van der Waals surface area contributed by atoms with E-state index in [2.05, 4.69) is 12.2 Å². The van der Waals surface area contributed by atoms with Crippen molar-refractivity contribution in [1.82, 2.24) is 5.32 Å². The molecule has 0 saturated heterocycles. The van der Waals surface area contributed by atoms with Crippen molar-refractivity contribution in [3.8, 4) is 0 Å². The molecular weight excluding hydrogens is 138 g/mol. The number of carbonyl (C=O) groups excluding carboxylic acids is 1. The minimum Gasteiger partial charge on any atom is -0.310 e. The normalized spacial score (nSPS) is 9.91. The lowest BCUT2D eigenvalue weighted by Crippen LogP contribution is -2.17. The molecule has 0 unspecified atom stereocenters. The van der Waals surface area contributed by atoms with Crippen molar-refractivity contribution in [1.29, 1.82) is 0 Å². The first-order chi connectivity index (χ1) is 5.41. The number of hydrogen-bond donors (Lipinski definition) is 1. The van der Waals surface area contributed by atoms with Gasteiger partial charge in [0.25, 0.3) is 0 Å². The largest absolute Gasteiger partial charge is 0.310 e. The number of carbonyl (C=O) groups is 1. The van der Waals surface area contributed by atoms with Gasteiger partial charge in [-0.15, -0.1) is 0 Å². The summed E-state index contributed by atoms with van der Waals surface area (Å²) in [5, 5.41) is 3.04. The fraction of sp³-hybridized carbons (Fsp3) is 0.889. The molecule has 2 heteroatoms. The predicted molar refractivity (Wildman–Crippen MR) is 47.7 cm³/mol. The number of aldehydes is 1. The van der Waals surface area contributed by atoms with E-state index in [-0.39, 0.29) is 0 Å². The van der Waals surface area contributed by atoms with Gasteiger partial charge in [-0.2, -0.15) is 0 Å². The van der Waals surface area contributed by atoms with Gasteiger partial charge < -0.3 is 10.1 Å². The van der Waals surface area contributed by atoms with Gasteiger partial charge in [0, 0.05) is 0 Å². The summed E-state index contributed by atoms with van der Waals surface area (Å²) in [5.74, 6) is 0. The monoisotopic (exact) mass is 157 g/mol. The second kappa shape index (κ2) is 9.63. The second-order valence-corrected chi connectivity index (χ2v) is 2.79. The zero-order valence-electron chi connectivity index (χ0n) is 7.44. The summed E-state index contributed by atoms with van der Waals surface area (Å²) in [7, 11) is 0. The highest BCUT2D eigenvalue weighted by Crippen LogP contribution is 2.00. The van der Waals surface area contributed by atoms with E-state index in [0.717, 1.165) is 12.8 Å². The third kappa shape index (κ3) is 9.63. The highest BCUT2D eigenvalue weighted by atomic mass is 16.1. The van der Waals surface area contributed by atoms with Gasteiger partial charge >= 0.3 is 0 Å². The molecule has 1 N–H and O–H groups in total. The minimum absolute atomic E-state index is 0.508. The molecule has 0 aromatic heterocycles. The Morgan fingerprint density at radius 1 is 1.18 bits per heavy atom. The van der Waals surface area contributed by atoms with E-state index in [4.69, 9.17) is 0 Å². The van der Waals surface area contributed by atoms with E-state index in [1.165, 1.54) is 32.1 Å². The lowest BCUT2D eigenvalue weighted by molar-refractivity contribution is -0.107. The first kappa shape index (κ1) is 10.6. The van der Waals surface area contributed by atoms with Crippen molar-refractivity contribution < 1.29 is 4.79 Å². The topological polar surface area (TPSA) is 29.1 Å². The van der Waals surface area contributed by atoms with E-state index in [1.54, 1.807) is 0 Å². The number of rotatable bonds is 8. The summed E-state index contributed by atoms with van der Waals surface area (Å²) in [4.78, 5) is 9.88. The molecule has 0 aromatic carbocycles. The second-order valence-electron chi connectivity index (χ2n) is 2.79. The molecule has 0 atom stereocenters. The highest BCUT2D eigenvalue weighted by molar-refractivity contribution is 5.51. The Kier molecular flexibility index (Phi) is 9.31. The van der Waals surface area contributed by atoms with E-state index in [0.29, 0.717) is 6.54 Å². The maximum absolute atomic E-state index is 9.88.